The Kier molecular flexibility index (Phi) is 6.37. The topological polar surface area (TPSA) is 86.5 Å². The number of nitrogens with zero attached hydrogens (tertiary/aromatic N) is 1. The fourth-order valence-electron chi connectivity index (χ4n) is 4.47. The maximum absolute atomic E-state index is 12.8. The fourth-order valence-corrected chi connectivity index (χ4v) is 4.47. The number of nitrogens with two attached hydrogens (primary N) is 1. The Bertz CT molecular complexity index is 1110. The van der Waals surface area contributed by atoms with E-state index in [0.29, 0.717) is 6.54 Å². The van der Waals surface area contributed by atoms with Crippen molar-refractivity contribution in [1.82, 2.24) is 4.98 Å². The van der Waals surface area contributed by atoms with Crippen molar-refractivity contribution in [2.24, 2.45) is 11.7 Å². The third-order valence-corrected chi connectivity index (χ3v) is 6.45. The van der Waals surface area contributed by atoms with E-state index >= 15 is 0 Å². The predicted octanol–water partition coefficient (Wildman–Crippen LogP) is 4.51. The molecule has 0 spiro atoms. The van der Waals surface area contributed by atoms with Crippen LogP contribution in [0.4, 0.5) is 5.69 Å². The number of carbonyl (C=O) groups is 1. The molecule has 0 radical (unpaired) electrons. The largest absolute Gasteiger partial charge is 0.490 e. The lowest BCUT2D eigenvalue weighted by Gasteiger charge is -2.24. The van der Waals surface area contributed by atoms with E-state index in [0.717, 1.165) is 66.2 Å². The van der Waals surface area contributed by atoms with Gasteiger partial charge in [-0.2, -0.15) is 0 Å². The highest BCUT2D eigenvalue weighted by Crippen LogP contribution is 2.47. The molecule has 1 saturated heterocycles. The second-order valence-electron chi connectivity index (χ2n) is 8.76. The van der Waals surface area contributed by atoms with Gasteiger partial charge in [-0.25, -0.2) is 0 Å². The van der Waals surface area contributed by atoms with E-state index in [1.807, 2.05) is 54.7 Å². The molecular weight excluding hydrogens is 414 g/mol. The van der Waals surface area contributed by atoms with Gasteiger partial charge in [-0.05, 0) is 59.4 Å². The molecule has 33 heavy (non-hydrogen) atoms. The minimum Gasteiger partial charge on any atom is -0.490 e. The van der Waals surface area contributed by atoms with Crippen molar-refractivity contribution in [3.63, 3.8) is 0 Å². The molecular formula is C27H29N3O3. The quantitative estimate of drug-likeness (QED) is 0.561. The summed E-state index contributed by atoms with van der Waals surface area (Å²) in [5.41, 5.74) is 11.0. The zero-order valence-electron chi connectivity index (χ0n) is 18.6. The van der Waals surface area contributed by atoms with Crippen LogP contribution in [0.1, 0.15) is 36.3 Å². The molecule has 5 rings (SSSR count). The molecule has 1 amide bonds. The van der Waals surface area contributed by atoms with E-state index in [2.05, 4.69) is 16.4 Å². The van der Waals surface area contributed by atoms with Gasteiger partial charge in [0.1, 0.15) is 11.9 Å². The lowest BCUT2D eigenvalue weighted by molar-refractivity contribution is -0.117. The molecule has 2 aromatic carbocycles. The summed E-state index contributed by atoms with van der Waals surface area (Å²) in [5, 5.41) is 3.09. The van der Waals surface area contributed by atoms with Crippen LogP contribution in [0.25, 0.3) is 11.1 Å². The Hall–Kier alpha value is -3.22. The summed E-state index contributed by atoms with van der Waals surface area (Å²) in [7, 11) is 0. The average molecular weight is 444 g/mol. The van der Waals surface area contributed by atoms with Gasteiger partial charge in [-0.3, -0.25) is 9.78 Å². The number of pyridine rings is 1. The molecule has 0 bridgehead atoms. The summed E-state index contributed by atoms with van der Waals surface area (Å²) < 4.78 is 11.6. The smallest absolute Gasteiger partial charge is 0.228 e. The lowest BCUT2D eigenvalue weighted by Crippen LogP contribution is -2.26. The first-order chi connectivity index (χ1) is 16.2. The summed E-state index contributed by atoms with van der Waals surface area (Å²) in [4.78, 5) is 16.9. The first-order valence-electron chi connectivity index (χ1n) is 11.6. The highest BCUT2D eigenvalue weighted by Gasteiger charge is 2.44. The summed E-state index contributed by atoms with van der Waals surface area (Å²) in [5.74, 6) is 1.16. The van der Waals surface area contributed by atoms with Crippen molar-refractivity contribution in [2.75, 3.05) is 18.5 Å². The van der Waals surface area contributed by atoms with Gasteiger partial charge in [0.15, 0.2) is 0 Å². The molecule has 1 aromatic heterocycles. The number of hydrogen-bond acceptors (Lipinski definition) is 5. The monoisotopic (exact) mass is 443 g/mol. The predicted molar refractivity (Wildman–Crippen MR) is 128 cm³/mol. The zero-order valence-corrected chi connectivity index (χ0v) is 18.6. The van der Waals surface area contributed by atoms with E-state index in [-0.39, 0.29) is 23.8 Å². The summed E-state index contributed by atoms with van der Waals surface area (Å²) in [6.07, 6.45) is 6.44. The van der Waals surface area contributed by atoms with Gasteiger partial charge < -0.3 is 20.5 Å². The van der Waals surface area contributed by atoms with Crippen LogP contribution in [0.5, 0.6) is 5.75 Å². The van der Waals surface area contributed by atoms with Crippen LogP contribution in [0.2, 0.25) is 0 Å². The van der Waals surface area contributed by atoms with Gasteiger partial charge in [0.2, 0.25) is 5.91 Å². The highest BCUT2D eigenvalue weighted by atomic mass is 16.5. The molecule has 3 aromatic rings. The Labute approximate surface area is 194 Å². The van der Waals surface area contributed by atoms with Crippen LogP contribution in [0, 0.1) is 5.92 Å². The molecule has 1 saturated carbocycles. The van der Waals surface area contributed by atoms with Crippen molar-refractivity contribution < 1.29 is 14.3 Å². The van der Waals surface area contributed by atoms with E-state index < -0.39 is 0 Å². The first kappa shape index (κ1) is 21.6. The molecule has 3 N–H and O–H groups in total. The van der Waals surface area contributed by atoms with Crippen LogP contribution in [-0.2, 0) is 16.1 Å². The Morgan fingerprint density at radius 3 is 2.73 bits per heavy atom. The standard InChI is InChI=1S/C27H29N3O3/c28-16-21-13-19(6-7-26(21)33-23-8-11-32-12-9-23)18-3-1-5-22(14-18)30-27(31)25-15-24(25)20-4-2-10-29-17-20/h1-7,10,13-14,17,23-25H,8-9,11-12,15-16,28H2,(H,30,31)/t24-,25+/m1/s1. The average Bonchev–Trinajstić information content (AvgIpc) is 3.67. The molecule has 2 heterocycles. The SMILES string of the molecule is NCc1cc(-c2cccc(NC(=O)[C@H]3C[C@@H]3c3cccnc3)c2)ccc1OC1CCOCC1. The van der Waals surface area contributed by atoms with Gasteiger partial charge in [-0.15, -0.1) is 0 Å². The minimum atomic E-state index is 0.00307. The van der Waals surface area contributed by atoms with Crippen LogP contribution in [-0.4, -0.2) is 30.2 Å². The number of anilines is 1. The molecule has 2 aliphatic rings. The highest BCUT2D eigenvalue weighted by molar-refractivity contribution is 5.95. The molecule has 6 nitrogen and oxygen atoms in total. The Morgan fingerprint density at radius 2 is 1.94 bits per heavy atom. The van der Waals surface area contributed by atoms with Crippen LogP contribution in [0.3, 0.4) is 0 Å². The number of hydrogen-bond donors (Lipinski definition) is 2. The van der Waals surface area contributed by atoms with E-state index in [1.165, 1.54) is 0 Å². The number of carbonyl (C=O) groups excluding carboxylic acids is 1. The van der Waals surface area contributed by atoms with Crippen LogP contribution >= 0.6 is 0 Å². The number of nitrogens with one attached hydrogen (secondary N) is 1. The molecule has 2 fully saturated rings. The zero-order chi connectivity index (χ0) is 22.6. The third-order valence-electron chi connectivity index (χ3n) is 6.45. The second kappa shape index (κ2) is 9.73. The van der Waals surface area contributed by atoms with E-state index in [9.17, 15) is 4.79 Å². The van der Waals surface area contributed by atoms with Gasteiger partial charge in [0, 0.05) is 48.9 Å². The maximum atomic E-state index is 12.8. The molecule has 0 unspecified atom stereocenters. The van der Waals surface area contributed by atoms with Crippen LogP contribution in [0.15, 0.2) is 67.0 Å². The molecule has 6 heteroatoms. The molecule has 1 aliphatic heterocycles. The molecule has 2 atom stereocenters. The summed E-state index contributed by atoms with van der Waals surface area (Å²) in [6, 6.07) is 18.0. The molecule has 1 aliphatic carbocycles. The van der Waals surface area contributed by atoms with Gasteiger partial charge in [0.05, 0.1) is 13.2 Å². The van der Waals surface area contributed by atoms with Crippen molar-refractivity contribution in [3.05, 3.63) is 78.1 Å². The number of amides is 1. The van der Waals surface area contributed by atoms with Crippen molar-refractivity contribution in [1.29, 1.82) is 0 Å². The number of rotatable bonds is 7. The fraction of sp³-hybridized carbons (Fsp3) is 0.333. The van der Waals surface area contributed by atoms with Gasteiger partial charge in [0.25, 0.3) is 0 Å². The van der Waals surface area contributed by atoms with E-state index in [4.69, 9.17) is 15.2 Å². The number of ether oxygens (including phenoxy) is 2. The minimum absolute atomic E-state index is 0.00307. The lowest BCUT2D eigenvalue weighted by atomic mass is 10.0. The van der Waals surface area contributed by atoms with Crippen molar-refractivity contribution in [3.8, 4) is 16.9 Å². The third kappa shape index (κ3) is 5.07. The number of benzene rings is 2. The van der Waals surface area contributed by atoms with Gasteiger partial charge >= 0.3 is 0 Å². The normalized spacial score (nSPS) is 20.3. The van der Waals surface area contributed by atoms with Crippen molar-refractivity contribution in [2.45, 2.75) is 37.8 Å². The van der Waals surface area contributed by atoms with Crippen LogP contribution < -0.4 is 15.8 Å². The number of aromatic nitrogens is 1. The van der Waals surface area contributed by atoms with Crippen molar-refractivity contribution >= 4 is 11.6 Å². The van der Waals surface area contributed by atoms with Gasteiger partial charge in [-0.1, -0.05) is 24.3 Å². The molecule has 170 valence electrons. The first-order valence-corrected chi connectivity index (χ1v) is 11.6. The summed E-state index contributed by atoms with van der Waals surface area (Å²) in [6.45, 7) is 1.88. The van der Waals surface area contributed by atoms with E-state index in [1.54, 1.807) is 6.20 Å². The second-order valence-corrected chi connectivity index (χ2v) is 8.76. The Morgan fingerprint density at radius 1 is 1.09 bits per heavy atom. The maximum Gasteiger partial charge on any atom is 0.228 e. The summed E-state index contributed by atoms with van der Waals surface area (Å²) >= 11 is 0. The Balaban J connectivity index is 1.27.